The van der Waals surface area contributed by atoms with E-state index in [1.807, 2.05) is 0 Å². The number of amides is 2. The number of halogens is 1. The number of anilines is 2. The number of carbonyl (C=O) groups excluding carboxylic acids is 2. The Morgan fingerprint density at radius 1 is 1.15 bits per heavy atom. The summed E-state index contributed by atoms with van der Waals surface area (Å²) in [6.07, 6.45) is 0.168. The summed E-state index contributed by atoms with van der Waals surface area (Å²) >= 11 is 6.07. The standard InChI is InChI=1S/C19H19ClN2O4/c1-25-15-6-4-14(5-7-15)22-11-12(9-18(22)23)19(24)21-13-3-8-17(26-2)16(20)10-13/h3-8,10,12H,9,11H2,1-2H3,(H,21,24). The van der Waals surface area contributed by atoms with Crippen LogP contribution >= 0.6 is 11.6 Å². The topological polar surface area (TPSA) is 67.9 Å². The van der Waals surface area contributed by atoms with Gasteiger partial charge in [-0.05, 0) is 42.5 Å². The van der Waals surface area contributed by atoms with E-state index in [4.69, 9.17) is 21.1 Å². The lowest BCUT2D eigenvalue weighted by molar-refractivity contribution is -0.122. The van der Waals surface area contributed by atoms with Crippen LogP contribution in [-0.2, 0) is 9.59 Å². The van der Waals surface area contributed by atoms with Crippen LogP contribution in [-0.4, -0.2) is 32.6 Å². The highest BCUT2D eigenvalue weighted by molar-refractivity contribution is 6.32. The quantitative estimate of drug-likeness (QED) is 0.871. The summed E-state index contributed by atoms with van der Waals surface area (Å²) in [4.78, 5) is 26.4. The van der Waals surface area contributed by atoms with Gasteiger partial charge in [-0.15, -0.1) is 0 Å². The van der Waals surface area contributed by atoms with Crippen molar-refractivity contribution in [2.24, 2.45) is 5.92 Å². The fourth-order valence-electron chi connectivity index (χ4n) is 2.88. The fraction of sp³-hybridized carbons (Fsp3) is 0.263. The Morgan fingerprint density at radius 3 is 2.50 bits per heavy atom. The SMILES string of the molecule is COc1ccc(N2CC(C(=O)Nc3ccc(OC)c(Cl)c3)CC2=O)cc1. The third-order valence-corrected chi connectivity index (χ3v) is 4.59. The van der Waals surface area contributed by atoms with Crippen LogP contribution in [0.1, 0.15) is 6.42 Å². The molecule has 0 bridgehead atoms. The molecule has 1 atom stereocenters. The largest absolute Gasteiger partial charge is 0.497 e. The second-order valence-electron chi connectivity index (χ2n) is 5.94. The van der Waals surface area contributed by atoms with Crippen LogP contribution in [0.5, 0.6) is 11.5 Å². The molecular formula is C19H19ClN2O4. The maximum atomic E-state index is 12.5. The summed E-state index contributed by atoms with van der Waals surface area (Å²) in [7, 11) is 3.11. The number of hydrogen-bond donors (Lipinski definition) is 1. The van der Waals surface area contributed by atoms with E-state index >= 15 is 0 Å². The molecule has 136 valence electrons. The highest BCUT2D eigenvalue weighted by Gasteiger charge is 2.35. The van der Waals surface area contributed by atoms with Crippen LogP contribution in [0, 0.1) is 5.92 Å². The van der Waals surface area contributed by atoms with Crippen molar-refractivity contribution in [3.8, 4) is 11.5 Å². The molecule has 3 rings (SSSR count). The molecular weight excluding hydrogens is 356 g/mol. The summed E-state index contributed by atoms with van der Waals surface area (Å²) in [5.41, 5.74) is 1.31. The van der Waals surface area contributed by atoms with Gasteiger partial charge in [0, 0.05) is 24.3 Å². The molecule has 1 fully saturated rings. The summed E-state index contributed by atoms with van der Waals surface area (Å²) in [6, 6.07) is 12.2. The van der Waals surface area contributed by atoms with Gasteiger partial charge in [-0.2, -0.15) is 0 Å². The molecule has 2 aromatic rings. The van der Waals surface area contributed by atoms with E-state index in [0.29, 0.717) is 28.8 Å². The van der Waals surface area contributed by atoms with Gasteiger partial charge in [0.25, 0.3) is 0 Å². The summed E-state index contributed by atoms with van der Waals surface area (Å²) in [5.74, 6) is 0.529. The van der Waals surface area contributed by atoms with Crippen LogP contribution in [0.25, 0.3) is 0 Å². The first kappa shape index (κ1) is 18.1. The summed E-state index contributed by atoms with van der Waals surface area (Å²) < 4.78 is 10.2. The minimum absolute atomic E-state index is 0.0805. The zero-order chi connectivity index (χ0) is 18.7. The van der Waals surface area contributed by atoms with E-state index in [1.165, 1.54) is 7.11 Å². The second-order valence-corrected chi connectivity index (χ2v) is 6.35. The van der Waals surface area contributed by atoms with Gasteiger partial charge in [-0.25, -0.2) is 0 Å². The van der Waals surface area contributed by atoms with Gasteiger partial charge in [0.1, 0.15) is 11.5 Å². The zero-order valence-electron chi connectivity index (χ0n) is 14.5. The van der Waals surface area contributed by atoms with Crippen LogP contribution in [0.4, 0.5) is 11.4 Å². The Labute approximate surface area is 156 Å². The van der Waals surface area contributed by atoms with Crippen molar-refractivity contribution in [1.82, 2.24) is 0 Å². The van der Waals surface area contributed by atoms with Crippen molar-refractivity contribution in [2.45, 2.75) is 6.42 Å². The first-order valence-corrected chi connectivity index (χ1v) is 8.48. The Bertz CT molecular complexity index is 823. The van der Waals surface area contributed by atoms with Gasteiger partial charge in [0.05, 0.1) is 25.2 Å². The molecule has 1 unspecified atom stereocenters. The van der Waals surface area contributed by atoms with Gasteiger partial charge >= 0.3 is 0 Å². The lowest BCUT2D eigenvalue weighted by atomic mass is 10.1. The molecule has 1 heterocycles. The monoisotopic (exact) mass is 374 g/mol. The average Bonchev–Trinajstić information content (AvgIpc) is 3.04. The molecule has 26 heavy (non-hydrogen) atoms. The predicted octanol–water partition coefficient (Wildman–Crippen LogP) is 3.35. The zero-order valence-corrected chi connectivity index (χ0v) is 15.2. The Balaban J connectivity index is 1.67. The molecule has 1 N–H and O–H groups in total. The van der Waals surface area contributed by atoms with Crippen molar-refractivity contribution in [3.05, 3.63) is 47.5 Å². The first-order chi connectivity index (χ1) is 12.5. The number of carbonyl (C=O) groups is 2. The Kier molecular flexibility index (Phi) is 5.32. The lowest BCUT2D eigenvalue weighted by Crippen LogP contribution is -2.28. The molecule has 0 spiro atoms. The number of nitrogens with zero attached hydrogens (tertiary/aromatic N) is 1. The van der Waals surface area contributed by atoms with E-state index in [-0.39, 0.29) is 18.2 Å². The molecule has 1 saturated heterocycles. The highest BCUT2D eigenvalue weighted by Crippen LogP contribution is 2.30. The molecule has 1 aliphatic rings. The molecule has 2 amide bonds. The molecule has 7 heteroatoms. The second kappa shape index (κ2) is 7.66. The molecule has 0 aromatic heterocycles. The van der Waals surface area contributed by atoms with E-state index in [2.05, 4.69) is 5.32 Å². The van der Waals surface area contributed by atoms with Gasteiger partial charge < -0.3 is 19.7 Å². The van der Waals surface area contributed by atoms with Crippen molar-refractivity contribution in [3.63, 3.8) is 0 Å². The minimum Gasteiger partial charge on any atom is -0.497 e. The number of hydrogen-bond acceptors (Lipinski definition) is 4. The first-order valence-electron chi connectivity index (χ1n) is 8.10. The van der Waals surface area contributed by atoms with E-state index in [1.54, 1.807) is 54.5 Å². The van der Waals surface area contributed by atoms with Crippen molar-refractivity contribution in [2.75, 3.05) is 31.0 Å². The highest BCUT2D eigenvalue weighted by atomic mass is 35.5. The maximum Gasteiger partial charge on any atom is 0.229 e. The van der Waals surface area contributed by atoms with Crippen LogP contribution in [0.3, 0.4) is 0 Å². The maximum absolute atomic E-state index is 12.5. The Hall–Kier alpha value is -2.73. The number of ether oxygens (including phenoxy) is 2. The number of methoxy groups -OCH3 is 2. The normalized spacial score (nSPS) is 16.5. The lowest BCUT2D eigenvalue weighted by Gasteiger charge is -2.17. The summed E-state index contributed by atoms with van der Waals surface area (Å²) in [5, 5.41) is 3.22. The van der Waals surface area contributed by atoms with Crippen LogP contribution in [0.15, 0.2) is 42.5 Å². The van der Waals surface area contributed by atoms with Gasteiger partial charge in [0.2, 0.25) is 11.8 Å². The van der Waals surface area contributed by atoms with Crippen molar-refractivity contribution < 1.29 is 19.1 Å². The molecule has 1 aliphatic heterocycles. The van der Waals surface area contributed by atoms with Gasteiger partial charge in [0.15, 0.2) is 0 Å². The third kappa shape index (κ3) is 3.75. The fourth-order valence-corrected chi connectivity index (χ4v) is 3.14. The summed E-state index contributed by atoms with van der Waals surface area (Å²) in [6.45, 7) is 0.334. The minimum atomic E-state index is -0.425. The van der Waals surface area contributed by atoms with E-state index in [9.17, 15) is 9.59 Å². The number of benzene rings is 2. The van der Waals surface area contributed by atoms with E-state index in [0.717, 1.165) is 5.69 Å². The van der Waals surface area contributed by atoms with Crippen LogP contribution in [0.2, 0.25) is 5.02 Å². The number of rotatable bonds is 5. The third-order valence-electron chi connectivity index (χ3n) is 4.30. The van der Waals surface area contributed by atoms with Gasteiger partial charge in [-0.1, -0.05) is 11.6 Å². The van der Waals surface area contributed by atoms with Crippen molar-refractivity contribution in [1.29, 1.82) is 0 Å². The average molecular weight is 375 g/mol. The van der Waals surface area contributed by atoms with E-state index < -0.39 is 5.92 Å². The Morgan fingerprint density at radius 2 is 1.88 bits per heavy atom. The molecule has 2 aromatic carbocycles. The predicted molar refractivity (Wildman–Crippen MR) is 100 cm³/mol. The molecule has 0 aliphatic carbocycles. The smallest absolute Gasteiger partial charge is 0.229 e. The molecule has 0 radical (unpaired) electrons. The van der Waals surface area contributed by atoms with Crippen LogP contribution < -0.4 is 19.7 Å². The number of nitrogens with one attached hydrogen (secondary N) is 1. The molecule has 0 saturated carbocycles. The molecule has 6 nitrogen and oxygen atoms in total. The van der Waals surface area contributed by atoms with Crippen molar-refractivity contribution >= 4 is 34.8 Å². The van der Waals surface area contributed by atoms with Gasteiger partial charge in [-0.3, -0.25) is 9.59 Å².